The number of nitrogens with zero attached hydrogens (tertiary/aromatic N) is 3. The maximum absolute atomic E-state index is 12.4. The van der Waals surface area contributed by atoms with Gasteiger partial charge < -0.3 is 14.8 Å². The minimum atomic E-state index is -0.274. The zero-order chi connectivity index (χ0) is 17.2. The highest BCUT2D eigenvalue weighted by Gasteiger charge is 2.35. The van der Waals surface area contributed by atoms with Crippen LogP contribution in [0.2, 0.25) is 0 Å². The van der Waals surface area contributed by atoms with Gasteiger partial charge in [-0.1, -0.05) is 6.07 Å². The summed E-state index contributed by atoms with van der Waals surface area (Å²) in [6.07, 6.45) is 8.99. The van der Waals surface area contributed by atoms with Gasteiger partial charge in [0, 0.05) is 44.1 Å². The Morgan fingerprint density at radius 2 is 2.16 bits per heavy atom. The van der Waals surface area contributed by atoms with E-state index in [1.54, 1.807) is 17.4 Å². The highest BCUT2D eigenvalue weighted by atomic mass is 16.2. The van der Waals surface area contributed by atoms with Gasteiger partial charge >= 0.3 is 0 Å². The van der Waals surface area contributed by atoms with Gasteiger partial charge in [0.05, 0.1) is 12.2 Å². The van der Waals surface area contributed by atoms with Gasteiger partial charge in [-0.3, -0.25) is 9.59 Å². The summed E-state index contributed by atoms with van der Waals surface area (Å²) in [6.45, 7) is 1.69. The molecular weight excluding hydrogens is 316 g/mol. The molecule has 1 aliphatic heterocycles. The Balaban J connectivity index is 1.35. The molecule has 2 heterocycles. The van der Waals surface area contributed by atoms with E-state index < -0.39 is 0 Å². The lowest BCUT2D eigenvalue weighted by Gasteiger charge is -2.18. The number of imidazole rings is 1. The first-order valence-electron chi connectivity index (χ1n) is 8.86. The molecule has 1 saturated heterocycles. The van der Waals surface area contributed by atoms with Crippen LogP contribution < -0.4 is 10.2 Å². The molecule has 2 amide bonds. The lowest BCUT2D eigenvalue weighted by atomic mass is 10.1. The molecule has 25 heavy (non-hydrogen) atoms. The van der Waals surface area contributed by atoms with Gasteiger partial charge in [0.25, 0.3) is 0 Å². The van der Waals surface area contributed by atoms with Crippen molar-refractivity contribution in [3.8, 4) is 0 Å². The predicted molar refractivity (Wildman–Crippen MR) is 94.2 cm³/mol. The van der Waals surface area contributed by atoms with Crippen molar-refractivity contribution >= 4 is 17.5 Å². The van der Waals surface area contributed by atoms with Crippen LogP contribution in [-0.2, 0) is 29.0 Å². The van der Waals surface area contributed by atoms with E-state index >= 15 is 0 Å². The maximum atomic E-state index is 12.4. The average Bonchev–Trinajstić information content (AvgIpc) is 3.34. The van der Waals surface area contributed by atoms with Crippen LogP contribution >= 0.6 is 0 Å². The monoisotopic (exact) mass is 338 g/mol. The third kappa shape index (κ3) is 3.29. The molecule has 0 spiro atoms. The predicted octanol–water partition coefficient (Wildman–Crippen LogP) is 1.54. The summed E-state index contributed by atoms with van der Waals surface area (Å²) >= 11 is 0. The Hall–Kier alpha value is -2.63. The number of hydrogen-bond donors (Lipinski definition) is 1. The fourth-order valence-corrected chi connectivity index (χ4v) is 3.73. The first kappa shape index (κ1) is 15.9. The lowest BCUT2D eigenvalue weighted by molar-refractivity contribution is -0.126. The van der Waals surface area contributed by atoms with Crippen LogP contribution in [0.3, 0.4) is 0 Å². The Labute approximate surface area is 146 Å². The Morgan fingerprint density at radius 1 is 1.28 bits per heavy atom. The van der Waals surface area contributed by atoms with Crippen LogP contribution in [0.15, 0.2) is 36.9 Å². The topological polar surface area (TPSA) is 67.2 Å². The van der Waals surface area contributed by atoms with Crippen molar-refractivity contribution in [1.29, 1.82) is 0 Å². The second-order valence-electron chi connectivity index (χ2n) is 6.80. The molecular formula is C19H22N4O2. The molecule has 0 bridgehead atoms. The van der Waals surface area contributed by atoms with Crippen LogP contribution in [0.5, 0.6) is 0 Å². The molecule has 0 unspecified atom stereocenters. The molecule has 2 aromatic rings. The SMILES string of the molecule is O=C(NCCn1ccnc1)[C@H]1CC(=O)N(c2ccc3c(c2)CCC3)C1. The molecule has 0 radical (unpaired) electrons. The molecule has 4 rings (SSSR count). The van der Waals surface area contributed by atoms with Crippen molar-refractivity contribution in [1.82, 2.24) is 14.9 Å². The molecule has 1 fully saturated rings. The molecule has 1 N–H and O–H groups in total. The highest BCUT2D eigenvalue weighted by Crippen LogP contribution is 2.30. The van der Waals surface area contributed by atoms with Crippen LogP contribution in [0.1, 0.15) is 24.0 Å². The zero-order valence-corrected chi connectivity index (χ0v) is 14.1. The van der Waals surface area contributed by atoms with E-state index in [9.17, 15) is 9.59 Å². The summed E-state index contributed by atoms with van der Waals surface area (Å²) in [7, 11) is 0. The van der Waals surface area contributed by atoms with Crippen molar-refractivity contribution in [3.63, 3.8) is 0 Å². The molecule has 6 heteroatoms. The number of aromatic nitrogens is 2. The van der Waals surface area contributed by atoms with E-state index in [-0.39, 0.29) is 24.2 Å². The van der Waals surface area contributed by atoms with E-state index in [1.807, 2.05) is 16.8 Å². The third-order valence-electron chi connectivity index (χ3n) is 5.12. The van der Waals surface area contributed by atoms with Gasteiger partial charge in [-0.2, -0.15) is 0 Å². The number of amides is 2. The van der Waals surface area contributed by atoms with Crippen molar-refractivity contribution in [2.24, 2.45) is 5.92 Å². The highest BCUT2D eigenvalue weighted by molar-refractivity contribution is 6.00. The number of nitrogens with one attached hydrogen (secondary N) is 1. The molecule has 1 aliphatic carbocycles. The first-order valence-corrected chi connectivity index (χ1v) is 8.86. The smallest absolute Gasteiger partial charge is 0.227 e. The summed E-state index contributed by atoms with van der Waals surface area (Å²) in [5.41, 5.74) is 3.67. The first-order chi connectivity index (χ1) is 12.2. The minimum absolute atomic E-state index is 0.0349. The molecule has 0 saturated carbocycles. The molecule has 130 valence electrons. The van der Waals surface area contributed by atoms with Crippen LogP contribution in [-0.4, -0.2) is 34.5 Å². The van der Waals surface area contributed by atoms with Gasteiger partial charge in [-0.15, -0.1) is 0 Å². The molecule has 2 aliphatic rings. The van der Waals surface area contributed by atoms with Gasteiger partial charge in [0.1, 0.15) is 0 Å². The van der Waals surface area contributed by atoms with Crippen molar-refractivity contribution < 1.29 is 9.59 Å². The number of benzene rings is 1. The lowest BCUT2D eigenvalue weighted by Crippen LogP contribution is -2.34. The summed E-state index contributed by atoms with van der Waals surface area (Å²) < 4.78 is 1.91. The third-order valence-corrected chi connectivity index (χ3v) is 5.12. The zero-order valence-electron chi connectivity index (χ0n) is 14.1. The van der Waals surface area contributed by atoms with E-state index in [0.717, 1.165) is 18.5 Å². The molecule has 1 atom stereocenters. The van der Waals surface area contributed by atoms with Gasteiger partial charge in [0.2, 0.25) is 11.8 Å². The Bertz CT molecular complexity index is 785. The van der Waals surface area contributed by atoms with E-state index in [0.29, 0.717) is 19.6 Å². The van der Waals surface area contributed by atoms with E-state index in [2.05, 4.69) is 22.4 Å². The van der Waals surface area contributed by atoms with E-state index in [4.69, 9.17) is 0 Å². The normalized spacial score (nSPS) is 19.3. The summed E-state index contributed by atoms with van der Waals surface area (Å²) in [5, 5.41) is 2.93. The molecule has 6 nitrogen and oxygen atoms in total. The van der Waals surface area contributed by atoms with E-state index in [1.165, 1.54) is 17.5 Å². The van der Waals surface area contributed by atoms with Crippen LogP contribution in [0.4, 0.5) is 5.69 Å². The van der Waals surface area contributed by atoms with Crippen molar-refractivity contribution in [3.05, 3.63) is 48.0 Å². The molecule has 1 aromatic heterocycles. The summed E-state index contributed by atoms with van der Waals surface area (Å²) in [5.74, 6) is -0.284. The Morgan fingerprint density at radius 3 is 3.00 bits per heavy atom. The number of rotatable bonds is 5. The number of aryl methyl sites for hydroxylation is 2. The van der Waals surface area contributed by atoms with Crippen LogP contribution in [0, 0.1) is 5.92 Å². The number of anilines is 1. The van der Waals surface area contributed by atoms with Gasteiger partial charge in [-0.05, 0) is 42.5 Å². The summed E-state index contributed by atoms with van der Waals surface area (Å²) in [4.78, 5) is 30.5. The fourth-order valence-electron chi connectivity index (χ4n) is 3.73. The average molecular weight is 338 g/mol. The van der Waals surface area contributed by atoms with Gasteiger partial charge in [-0.25, -0.2) is 4.98 Å². The largest absolute Gasteiger partial charge is 0.354 e. The number of carbonyl (C=O) groups is 2. The van der Waals surface area contributed by atoms with Crippen molar-refractivity contribution in [2.75, 3.05) is 18.0 Å². The van der Waals surface area contributed by atoms with Crippen LogP contribution in [0.25, 0.3) is 0 Å². The number of hydrogen-bond acceptors (Lipinski definition) is 3. The number of fused-ring (bicyclic) bond motifs is 1. The van der Waals surface area contributed by atoms with Gasteiger partial charge in [0.15, 0.2) is 0 Å². The standard InChI is InChI=1S/C19H22N4O2/c24-18-11-16(19(25)21-7-9-22-8-6-20-13-22)12-23(18)17-5-4-14-2-1-3-15(14)10-17/h4-6,8,10,13,16H,1-3,7,9,11-12H2,(H,21,25)/t16-/m0/s1. The minimum Gasteiger partial charge on any atom is -0.354 e. The second-order valence-corrected chi connectivity index (χ2v) is 6.80. The van der Waals surface area contributed by atoms with Crippen molar-refractivity contribution in [2.45, 2.75) is 32.2 Å². The fraction of sp³-hybridized carbons (Fsp3) is 0.421. The molecule has 1 aromatic carbocycles. The Kier molecular flexibility index (Phi) is 4.26. The maximum Gasteiger partial charge on any atom is 0.227 e. The quantitative estimate of drug-likeness (QED) is 0.899. The number of carbonyl (C=O) groups excluding carboxylic acids is 2. The second kappa shape index (κ2) is 6.70. The summed E-state index contributed by atoms with van der Waals surface area (Å²) in [6, 6.07) is 6.27.